The average Bonchev–Trinajstić information content (AvgIpc) is 2.78. The molecule has 0 spiro atoms. The molecule has 2 rings (SSSR count). The number of pyridine rings is 1. The van der Waals surface area contributed by atoms with Crippen LogP contribution in [0.5, 0.6) is 0 Å². The molecule has 3 heteroatoms. The van der Waals surface area contributed by atoms with E-state index >= 15 is 0 Å². The summed E-state index contributed by atoms with van der Waals surface area (Å²) in [6.45, 7) is 7.78. The minimum absolute atomic E-state index is 0.649. The minimum Gasteiger partial charge on any atom is -0.370 e. The molecule has 0 radical (unpaired) electrons. The summed E-state index contributed by atoms with van der Waals surface area (Å²) in [7, 11) is 0. The molecule has 2 unspecified atom stereocenters. The van der Waals surface area contributed by atoms with E-state index in [4.69, 9.17) is 0 Å². The van der Waals surface area contributed by atoms with Gasteiger partial charge in [-0.3, -0.25) is 0 Å². The van der Waals surface area contributed by atoms with E-state index in [9.17, 15) is 0 Å². The summed E-state index contributed by atoms with van der Waals surface area (Å²) < 4.78 is 0. The van der Waals surface area contributed by atoms with Gasteiger partial charge in [-0.05, 0) is 38.7 Å². The zero-order valence-electron chi connectivity index (χ0n) is 11.8. The number of hydrogen-bond donors (Lipinski definition) is 1. The van der Waals surface area contributed by atoms with Crippen molar-refractivity contribution in [2.45, 2.75) is 58.5 Å². The van der Waals surface area contributed by atoms with Crippen LogP contribution in [0.25, 0.3) is 0 Å². The summed E-state index contributed by atoms with van der Waals surface area (Å²) in [5.74, 6) is 1.00. The summed E-state index contributed by atoms with van der Waals surface area (Å²) in [5.41, 5.74) is 1.32. The van der Waals surface area contributed by atoms with Gasteiger partial charge >= 0.3 is 0 Å². The lowest BCUT2D eigenvalue weighted by Gasteiger charge is -2.30. The summed E-state index contributed by atoms with van der Waals surface area (Å²) in [6.07, 6.45) is 6.90. The Morgan fingerprint density at radius 1 is 1.39 bits per heavy atom. The lowest BCUT2D eigenvalue weighted by molar-refractivity contribution is 0.628. The van der Waals surface area contributed by atoms with Crippen molar-refractivity contribution in [3.05, 3.63) is 18.3 Å². The summed E-state index contributed by atoms with van der Waals surface area (Å²) in [5, 5.41) is 3.37. The van der Waals surface area contributed by atoms with E-state index in [0.717, 1.165) is 18.8 Å². The number of nitrogens with one attached hydrogen (secondary N) is 1. The molecular formula is C15H25N3. The Hall–Kier alpha value is -1.25. The first-order chi connectivity index (χ1) is 8.76. The van der Waals surface area contributed by atoms with Crippen LogP contribution in [0.4, 0.5) is 11.5 Å². The summed E-state index contributed by atoms with van der Waals surface area (Å²) >= 11 is 0. The van der Waals surface area contributed by atoms with Crippen LogP contribution in [0.15, 0.2) is 18.3 Å². The first-order valence-electron chi connectivity index (χ1n) is 7.24. The molecule has 0 saturated carbocycles. The molecule has 0 aromatic carbocycles. The molecule has 1 aromatic rings. The quantitative estimate of drug-likeness (QED) is 0.860. The van der Waals surface area contributed by atoms with Crippen molar-refractivity contribution >= 4 is 11.5 Å². The van der Waals surface area contributed by atoms with Gasteiger partial charge in [0.25, 0.3) is 0 Å². The molecule has 1 N–H and O–H groups in total. The third kappa shape index (κ3) is 2.77. The summed E-state index contributed by atoms with van der Waals surface area (Å²) in [4.78, 5) is 6.95. The van der Waals surface area contributed by atoms with E-state index in [0.29, 0.717) is 12.1 Å². The Morgan fingerprint density at radius 3 is 2.94 bits per heavy atom. The number of rotatable bonds is 5. The normalized spacial score (nSPS) is 23.4. The molecule has 100 valence electrons. The lowest BCUT2D eigenvalue weighted by atomic mass is 10.1. The average molecular weight is 247 g/mol. The van der Waals surface area contributed by atoms with Crippen molar-refractivity contribution in [3.63, 3.8) is 0 Å². The highest BCUT2D eigenvalue weighted by molar-refractivity contribution is 5.55. The molecule has 18 heavy (non-hydrogen) atoms. The molecule has 0 bridgehead atoms. The van der Waals surface area contributed by atoms with E-state index in [1.807, 2.05) is 6.20 Å². The number of anilines is 2. The van der Waals surface area contributed by atoms with Gasteiger partial charge in [-0.2, -0.15) is 0 Å². The third-order valence-corrected chi connectivity index (χ3v) is 3.85. The smallest absolute Gasteiger partial charge is 0.127 e. The molecule has 0 amide bonds. The molecule has 3 nitrogen and oxygen atoms in total. The molecule has 2 heterocycles. The van der Waals surface area contributed by atoms with Crippen molar-refractivity contribution in [2.75, 3.05) is 16.8 Å². The second-order valence-electron chi connectivity index (χ2n) is 5.22. The Labute approximate surface area is 111 Å². The van der Waals surface area contributed by atoms with Gasteiger partial charge in [-0.15, -0.1) is 0 Å². The maximum atomic E-state index is 4.39. The van der Waals surface area contributed by atoms with Gasteiger partial charge in [-0.1, -0.05) is 13.8 Å². The van der Waals surface area contributed by atoms with E-state index < -0.39 is 0 Å². The third-order valence-electron chi connectivity index (χ3n) is 3.85. The van der Waals surface area contributed by atoms with Gasteiger partial charge in [0.05, 0.1) is 0 Å². The number of nitrogens with zero attached hydrogens (tertiary/aromatic N) is 2. The highest BCUT2D eigenvalue weighted by Crippen LogP contribution is 2.32. The zero-order valence-corrected chi connectivity index (χ0v) is 11.8. The van der Waals surface area contributed by atoms with Crippen molar-refractivity contribution in [1.82, 2.24) is 4.98 Å². The fourth-order valence-corrected chi connectivity index (χ4v) is 2.87. The monoisotopic (exact) mass is 247 g/mol. The van der Waals surface area contributed by atoms with Crippen LogP contribution >= 0.6 is 0 Å². The largest absolute Gasteiger partial charge is 0.370 e. The molecule has 1 aliphatic rings. The first-order valence-corrected chi connectivity index (χ1v) is 7.24. The van der Waals surface area contributed by atoms with Crippen molar-refractivity contribution < 1.29 is 0 Å². The van der Waals surface area contributed by atoms with Crippen LogP contribution in [-0.2, 0) is 0 Å². The number of hydrogen-bond acceptors (Lipinski definition) is 3. The predicted molar refractivity (Wildman–Crippen MR) is 78.3 cm³/mol. The van der Waals surface area contributed by atoms with Crippen LogP contribution in [-0.4, -0.2) is 23.6 Å². The fourth-order valence-electron chi connectivity index (χ4n) is 2.87. The molecule has 1 aromatic heterocycles. The second-order valence-corrected chi connectivity index (χ2v) is 5.22. The summed E-state index contributed by atoms with van der Waals surface area (Å²) in [6, 6.07) is 5.68. The van der Waals surface area contributed by atoms with E-state index in [1.54, 1.807) is 0 Å². The van der Waals surface area contributed by atoms with Crippen LogP contribution in [0, 0.1) is 0 Å². The fraction of sp³-hybridized carbons (Fsp3) is 0.667. The van der Waals surface area contributed by atoms with E-state index in [2.05, 4.69) is 48.1 Å². The Balaban J connectivity index is 2.16. The maximum Gasteiger partial charge on any atom is 0.127 e. The van der Waals surface area contributed by atoms with Crippen molar-refractivity contribution in [3.8, 4) is 0 Å². The van der Waals surface area contributed by atoms with Gasteiger partial charge in [0, 0.05) is 36.6 Å². The van der Waals surface area contributed by atoms with Crippen molar-refractivity contribution in [1.29, 1.82) is 0 Å². The standard InChI is InChI=1S/C15H25N3/c1-4-9-16-15-11-14(8-10-17-15)18-12(3)6-7-13(18)5-2/h8,10-13H,4-7,9H2,1-3H3,(H,16,17). The Morgan fingerprint density at radius 2 is 2.22 bits per heavy atom. The van der Waals surface area contributed by atoms with Gasteiger partial charge < -0.3 is 10.2 Å². The maximum absolute atomic E-state index is 4.39. The zero-order chi connectivity index (χ0) is 13.0. The highest BCUT2D eigenvalue weighted by Gasteiger charge is 2.29. The first kappa shape index (κ1) is 13.2. The van der Waals surface area contributed by atoms with Gasteiger partial charge in [-0.25, -0.2) is 4.98 Å². The van der Waals surface area contributed by atoms with Crippen LogP contribution < -0.4 is 10.2 Å². The molecule has 1 aliphatic heterocycles. The van der Waals surface area contributed by atoms with Gasteiger partial charge in [0.2, 0.25) is 0 Å². The SMILES string of the molecule is CCCNc1cc(N2C(C)CCC2CC)ccn1. The highest BCUT2D eigenvalue weighted by atomic mass is 15.2. The lowest BCUT2D eigenvalue weighted by Crippen LogP contribution is -2.34. The van der Waals surface area contributed by atoms with Crippen LogP contribution in [0.3, 0.4) is 0 Å². The van der Waals surface area contributed by atoms with E-state index in [1.165, 1.54) is 24.9 Å². The predicted octanol–water partition coefficient (Wildman–Crippen LogP) is 3.67. The minimum atomic E-state index is 0.649. The number of aromatic nitrogens is 1. The van der Waals surface area contributed by atoms with Crippen LogP contribution in [0.2, 0.25) is 0 Å². The van der Waals surface area contributed by atoms with Crippen LogP contribution in [0.1, 0.15) is 46.5 Å². The molecule has 2 atom stereocenters. The molecular weight excluding hydrogens is 222 g/mol. The molecule has 1 saturated heterocycles. The van der Waals surface area contributed by atoms with E-state index in [-0.39, 0.29) is 0 Å². The van der Waals surface area contributed by atoms with Crippen molar-refractivity contribution in [2.24, 2.45) is 0 Å². The van der Waals surface area contributed by atoms with Gasteiger partial charge in [0.1, 0.15) is 5.82 Å². The Kier molecular flexibility index (Phi) is 4.45. The topological polar surface area (TPSA) is 28.2 Å². The molecule has 0 aliphatic carbocycles. The molecule has 1 fully saturated rings. The van der Waals surface area contributed by atoms with Gasteiger partial charge in [0.15, 0.2) is 0 Å². The second kappa shape index (κ2) is 6.07. The Bertz CT molecular complexity index is 378.